The molecule has 1 aromatic carbocycles. The maximum absolute atomic E-state index is 11.3. The molecule has 0 bridgehead atoms. The van der Waals surface area contributed by atoms with Crippen molar-refractivity contribution >= 4 is 17.3 Å². The molecule has 0 unspecified atom stereocenters. The van der Waals surface area contributed by atoms with Crippen molar-refractivity contribution in [3.05, 3.63) is 33.9 Å². The van der Waals surface area contributed by atoms with Crippen molar-refractivity contribution in [2.24, 2.45) is 0 Å². The van der Waals surface area contributed by atoms with E-state index in [1.807, 2.05) is 0 Å². The monoisotopic (exact) mass is 292 g/mol. The van der Waals surface area contributed by atoms with Crippen molar-refractivity contribution in [2.75, 3.05) is 5.32 Å². The third kappa shape index (κ3) is 3.93. The predicted octanol–water partition coefficient (Wildman–Crippen LogP) is 3.82. The van der Waals surface area contributed by atoms with Gasteiger partial charge in [-0.05, 0) is 18.9 Å². The summed E-state index contributed by atoms with van der Waals surface area (Å²) in [6.45, 7) is 0. The Morgan fingerprint density at radius 3 is 2.38 bits per heavy atom. The van der Waals surface area contributed by atoms with Crippen LogP contribution in [-0.2, 0) is 0 Å². The number of benzene rings is 1. The molecule has 0 radical (unpaired) electrons. The number of nitro benzene ring substituents is 1. The summed E-state index contributed by atoms with van der Waals surface area (Å²) in [5.41, 5.74) is -0.0659. The van der Waals surface area contributed by atoms with E-state index in [-0.39, 0.29) is 23.0 Å². The Morgan fingerprint density at radius 2 is 1.81 bits per heavy atom. The minimum absolute atomic E-state index is 0.0359. The highest BCUT2D eigenvalue weighted by Gasteiger charge is 2.23. The topological polar surface area (TPSA) is 92.5 Å². The van der Waals surface area contributed by atoms with Crippen LogP contribution in [-0.4, -0.2) is 22.0 Å². The van der Waals surface area contributed by atoms with E-state index < -0.39 is 10.9 Å². The first-order valence-electron chi connectivity index (χ1n) is 7.37. The van der Waals surface area contributed by atoms with E-state index in [1.54, 1.807) is 0 Å². The van der Waals surface area contributed by atoms with E-state index in [1.165, 1.54) is 37.5 Å². The lowest BCUT2D eigenvalue weighted by Gasteiger charge is -2.22. The third-order valence-electron chi connectivity index (χ3n) is 3.92. The van der Waals surface area contributed by atoms with Crippen molar-refractivity contribution in [2.45, 2.75) is 51.0 Å². The summed E-state index contributed by atoms with van der Waals surface area (Å²) in [5, 5.41) is 23.5. The maximum Gasteiger partial charge on any atom is 0.338 e. The van der Waals surface area contributed by atoms with Gasteiger partial charge in [-0.25, -0.2) is 4.79 Å². The molecule has 114 valence electrons. The SMILES string of the molecule is O=C(O)c1cccc([N+](=O)[O-])c1NC1CCCCCCC1. The number of hydrogen-bond donors (Lipinski definition) is 2. The molecule has 21 heavy (non-hydrogen) atoms. The summed E-state index contributed by atoms with van der Waals surface area (Å²) in [7, 11) is 0. The van der Waals surface area contributed by atoms with Crippen molar-refractivity contribution < 1.29 is 14.8 Å². The number of rotatable bonds is 4. The average molecular weight is 292 g/mol. The molecule has 1 aliphatic rings. The summed E-state index contributed by atoms with van der Waals surface area (Å²) in [6, 6.07) is 4.26. The summed E-state index contributed by atoms with van der Waals surface area (Å²) < 4.78 is 0. The molecular formula is C15H20N2O4. The number of nitrogens with zero attached hydrogens (tertiary/aromatic N) is 1. The highest BCUT2D eigenvalue weighted by molar-refractivity contribution is 5.96. The number of nitro groups is 1. The molecule has 2 rings (SSSR count). The van der Waals surface area contributed by atoms with Crippen LogP contribution >= 0.6 is 0 Å². The van der Waals surface area contributed by atoms with Gasteiger partial charge in [0.25, 0.3) is 5.69 Å². The van der Waals surface area contributed by atoms with Gasteiger partial charge in [0.2, 0.25) is 0 Å². The summed E-state index contributed by atoms with van der Waals surface area (Å²) in [4.78, 5) is 21.9. The average Bonchev–Trinajstić information content (AvgIpc) is 2.41. The molecule has 1 fully saturated rings. The Kier molecular flexibility index (Phi) is 5.14. The first-order valence-corrected chi connectivity index (χ1v) is 7.37. The lowest BCUT2D eigenvalue weighted by atomic mass is 9.96. The van der Waals surface area contributed by atoms with E-state index in [9.17, 15) is 20.0 Å². The first kappa shape index (κ1) is 15.3. The van der Waals surface area contributed by atoms with Crippen LogP contribution in [0.3, 0.4) is 0 Å². The minimum atomic E-state index is -1.15. The van der Waals surface area contributed by atoms with Gasteiger partial charge >= 0.3 is 5.97 Å². The fourth-order valence-electron chi connectivity index (χ4n) is 2.83. The zero-order valence-electron chi connectivity index (χ0n) is 11.9. The number of anilines is 1. The van der Waals surface area contributed by atoms with Crippen LogP contribution < -0.4 is 5.32 Å². The normalized spacial score (nSPS) is 16.8. The molecule has 6 heteroatoms. The van der Waals surface area contributed by atoms with Crippen molar-refractivity contribution in [3.8, 4) is 0 Å². The lowest BCUT2D eigenvalue weighted by molar-refractivity contribution is -0.384. The fourth-order valence-corrected chi connectivity index (χ4v) is 2.83. The van der Waals surface area contributed by atoms with E-state index in [0.717, 1.165) is 25.7 Å². The lowest BCUT2D eigenvalue weighted by Crippen LogP contribution is -2.22. The number of aromatic carboxylic acids is 1. The molecule has 0 heterocycles. The van der Waals surface area contributed by atoms with Crippen molar-refractivity contribution in [1.82, 2.24) is 0 Å². The van der Waals surface area contributed by atoms with Crippen LogP contribution in [0.15, 0.2) is 18.2 Å². The van der Waals surface area contributed by atoms with Gasteiger partial charge in [-0.1, -0.05) is 38.2 Å². The Hall–Kier alpha value is -2.11. The molecule has 6 nitrogen and oxygen atoms in total. The number of carbonyl (C=O) groups is 1. The summed E-state index contributed by atoms with van der Waals surface area (Å²) in [6.07, 6.45) is 7.55. The molecular weight excluding hydrogens is 272 g/mol. The minimum Gasteiger partial charge on any atom is -0.478 e. The van der Waals surface area contributed by atoms with Crippen molar-refractivity contribution in [1.29, 1.82) is 0 Å². The number of carboxylic acids is 1. The molecule has 1 saturated carbocycles. The van der Waals surface area contributed by atoms with Crippen LogP contribution in [0.25, 0.3) is 0 Å². The predicted molar refractivity (Wildman–Crippen MR) is 79.8 cm³/mol. The molecule has 1 aliphatic carbocycles. The van der Waals surface area contributed by atoms with Crippen LogP contribution in [0.1, 0.15) is 55.3 Å². The van der Waals surface area contributed by atoms with Gasteiger partial charge in [-0.2, -0.15) is 0 Å². The van der Waals surface area contributed by atoms with Crippen LogP contribution in [0.4, 0.5) is 11.4 Å². The van der Waals surface area contributed by atoms with E-state index in [2.05, 4.69) is 5.32 Å². The Balaban J connectivity index is 2.27. The van der Waals surface area contributed by atoms with Gasteiger partial charge < -0.3 is 10.4 Å². The Bertz CT molecular complexity index is 490. The highest BCUT2D eigenvalue weighted by atomic mass is 16.6. The molecule has 2 N–H and O–H groups in total. The first-order chi connectivity index (χ1) is 10.1. The zero-order chi connectivity index (χ0) is 15.2. The Labute approximate surface area is 123 Å². The van der Waals surface area contributed by atoms with Gasteiger partial charge in [-0.15, -0.1) is 0 Å². The Morgan fingerprint density at radius 1 is 1.19 bits per heavy atom. The van der Waals surface area contributed by atoms with Crippen LogP contribution in [0.5, 0.6) is 0 Å². The molecule has 0 aliphatic heterocycles. The number of nitrogens with one attached hydrogen (secondary N) is 1. The largest absolute Gasteiger partial charge is 0.478 e. The smallest absolute Gasteiger partial charge is 0.338 e. The van der Waals surface area contributed by atoms with E-state index in [0.29, 0.717) is 0 Å². The van der Waals surface area contributed by atoms with Crippen molar-refractivity contribution in [3.63, 3.8) is 0 Å². The number of para-hydroxylation sites is 1. The van der Waals surface area contributed by atoms with Gasteiger partial charge in [0.05, 0.1) is 10.5 Å². The molecule has 0 atom stereocenters. The molecule has 0 saturated heterocycles. The maximum atomic E-state index is 11.3. The van der Waals surface area contributed by atoms with E-state index in [4.69, 9.17) is 0 Å². The summed E-state index contributed by atoms with van der Waals surface area (Å²) >= 11 is 0. The number of hydrogen-bond acceptors (Lipinski definition) is 4. The molecule has 0 aromatic heterocycles. The van der Waals surface area contributed by atoms with Gasteiger partial charge in [0, 0.05) is 12.1 Å². The highest BCUT2D eigenvalue weighted by Crippen LogP contribution is 2.31. The summed E-state index contributed by atoms with van der Waals surface area (Å²) in [5.74, 6) is -1.15. The van der Waals surface area contributed by atoms with Gasteiger partial charge in [0.15, 0.2) is 0 Å². The molecule has 0 amide bonds. The standard InChI is InChI=1S/C15H20N2O4/c18-15(19)12-9-6-10-13(17(20)21)14(12)16-11-7-4-2-1-3-5-8-11/h6,9-11,16H,1-5,7-8H2,(H,18,19). The van der Waals surface area contributed by atoms with Crippen LogP contribution in [0, 0.1) is 10.1 Å². The van der Waals surface area contributed by atoms with E-state index >= 15 is 0 Å². The molecule has 0 spiro atoms. The second-order valence-corrected chi connectivity index (χ2v) is 5.45. The molecule has 1 aromatic rings. The fraction of sp³-hybridized carbons (Fsp3) is 0.533. The van der Waals surface area contributed by atoms with Gasteiger partial charge in [0.1, 0.15) is 5.69 Å². The second-order valence-electron chi connectivity index (χ2n) is 5.45. The third-order valence-corrected chi connectivity index (χ3v) is 3.92. The van der Waals surface area contributed by atoms with Crippen LogP contribution in [0.2, 0.25) is 0 Å². The van der Waals surface area contributed by atoms with Gasteiger partial charge in [-0.3, -0.25) is 10.1 Å². The number of carboxylic acid groups (broad SMARTS) is 1. The zero-order valence-corrected chi connectivity index (χ0v) is 11.9. The quantitative estimate of drug-likeness (QED) is 0.650. The second kappa shape index (κ2) is 7.06.